The van der Waals surface area contributed by atoms with E-state index in [0.29, 0.717) is 11.0 Å². The van der Waals surface area contributed by atoms with Gasteiger partial charge in [0, 0.05) is 6.04 Å². The minimum atomic E-state index is -0.299. The quantitative estimate of drug-likeness (QED) is 0.680. The van der Waals surface area contributed by atoms with E-state index >= 15 is 0 Å². The predicted molar refractivity (Wildman–Crippen MR) is 52.9 cm³/mol. The summed E-state index contributed by atoms with van der Waals surface area (Å²) in [6.45, 7) is 3.95. The van der Waals surface area contributed by atoms with Gasteiger partial charge in [-0.3, -0.25) is 14.5 Å². The van der Waals surface area contributed by atoms with Gasteiger partial charge in [0.05, 0.1) is 6.20 Å². The maximum Gasteiger partial charge on any atom is 0.280 e. The van der Waals surface area contributed by atoms with Crippen LogP contribution in [-0.2, 0) is 0 Å². The van der Waals surface area contributed by atoms with Gasteiger partial charge in [-0.2, -0.15) is 5.10 Å². The van der Waals surface area contributed by atoms with Gasteiger partial charge >= 0.3 is 0 Å². The molecule has 2 aromatic rings. The fraction of sp³-hybridized carbons (Fsp3) is 0.375. The Morgan fingerprint density at radius 3 is 2.93 bits per heavy atom. The van der Waals surface area contributed by atoms with E-state index in [1.165, 1.54) is 0 Å². The predicted octanol–water partition coefficient (Wildman–Crippen LogP) is 0.283. The Balaban J connectivity index is 2.77. The van der Waals surface area contributed by atoms with Crippen molar-refractivity contribution in [2.24, 2.45) is 0 Å². The Bertz CT molecular complexity index is 524. The van der Waals surface area contributed by atoms with Crippen LogP contribution in [-0.4, -0.2) is 19.7 Å². The van der Waals surface area contributed by atoms with Crippen LogP contribution in [0.2, 0.25) is 0 Å². The number of nitrogen functional groups attached to an aromatic ring is 1. The number of nitrogens with two attached hydrogens (primary N) is 1. The molecule has 0 radical (unpaired) electrons. The van der Waals surface area contributed by atoms with E-state index in [1.807, 2.05) is 13.8 Å². The van der Waals surface area contributed by atoms with Crippen LogP contribution < -0.4 is 11.3 Å². The summed E-state index contributed by atoms with van der Waals surface area (Å²) < 4.78 is 1.69. The second-order valence-corrected chi connectivity index (χ2v) is 3.39. The van der Waals surface area contributed by atoms with Gasteiger partial charge in [-0.15, -0.1) is 0 Å². The first-order chi connectivity index (χ1) is 6.58. The number of rotatable bonds is 1. The Labute approximate surface area is 79.8 Å². The van der Waals surface area contributed by atoms with Crippen molar-refractivity contribution in [2.45, 2.75) is 19.9 Å². The lowest BCUT2D eigenvalue weighted by Crippen LogP contribution is -2.11. The number of aromatic nitrogens is 4. The van der Waals surface area contributed by atoms with Crippen molar-refractivity contribution >= 4 is 17.0 Å². The van der Waals surface area contributed by atoms with Crippen LogP contribution in [0.1, 0.15) is 19.9 Å². The minimum absolute atomic E-state index is 0.116. The van der Waals surface area contributed by atoms with Crippen molar-refractivity contribution in [3.05, 3.63) is 16.6 Å². The summed E-state index contributed by atoms with van der Waals surface area (Å²) in [6.07, 6.45) is 1.71. The topological polar surface area (TPSA) is 89.6 Å². The normalized spacial score (nSPS) is 11.4. The fourth-order valence-electron chi connectivity index (χ4n) is 1.22. The van der Waals surface area contributed by atoms with Crippen molar-refractivity contribution in [3.63, 3.8) is 0 Å². The maximum atomic E-state index is 11.4. The SMILES string of the molecule is CC(C)n1cc2nc(N)[nH]c(=O)c2n1. The molecule has 0 bridgehead atoms. The van der Waals surface area contributed by atoms with Gasteiger partial charge in [0.25, 0.3) is 5.56 Å². The van der Waals surface area contributed by atoms with E-state index in [0.717, 1.165) is 0 Å². The van der Waals surface area contributed by atoms with Crippen molar-refractivity contribution < 1.29 is 0 Å². The molecule has 0 unspecified atom stereocenters. The molecule has 0 fully saturated rings. The van der Waals surface area contributed by atoms with Gasteiger partial charge in [0.2, 0.25) is 5.95 Å². The number of nitrogens with one attached hydrogen (secondary N) is 1. The molecular weight excluding hydrogens is 182 g/mol. The van der Waals surface area contributed by atoms with Crippen LogP contribution in [0.3, 0.4) is 0 Å². The molecule has 0 spiro atoms. The largest absolute Gasteiger partial charge is 0.369 e. The van der Waals surface area contributed by atoms with Gasteiger partial charge in [-0.1, -0.05) is 0 Å². The van der Waals surface area contributed by atoms with Crippen LogP contribution in [0.5, 0.6) is 0 Å². The molecule has 6 heteroatoms. The third kappa shape index (κ3) is 1.24. The highest BCUT2D eigenvalue weighted by molar-refractivity contribution is 5.73. The summed E-state index contributed by atoms with van der Waals surface area (Å²) in [5, 5.41) is 4.11. The molecule has 0 saturated carbocycles. The highest BCUT2D eigenvalue weighted by atomic mass is 16.1. The molecular formula is C8H11N5O. The Morgan fingerprint density at radius 1 is 1.57 bits per heavy atom. The van der Waals surface area contributed by atoms with Crippen molar-refractivity contribution in [1.29, 1.82) is 0 Å². The molecule has 0 aliphatic rings. The molecule has 0 atom stereocenters. The third-order valence-electron chi connectivity index (χ3n) is 1.94. The van der Waals surface area contributed by atoms with Crippen LogP contribution in [0.4, 0.5) is 5.95 Å². The first-order valence-electron chi connectivity index (χ1n) is 4.32. The molecule has 6 nitrogen and oxygen atoms in total. The summed E-state index contributed by atoms with van der Waals surface area (Å²) >= 11 is 0. The third-order valence-corrected chi connectivity index (χ3v) is 1.94. The highest BCUT2D eigenvalue weighted by Gasteiger charge is 2.08. The molecule has 2 heterocycles. The zero-order valence-corrected chi connectivity index (χ0v) is 7.98. The summed E-state index contributed by atoms with van der Waals surface area (Å²) in [5.74, 6) is 0.116. The van der Waals surface area contributed by atoms with Gasteiger partial charge in [-0.25, -0.2) is 4.98 Å². The van der Waals surface area contributed by atoms with Crippen LogP contribution >= 0.6 is 0 Å². The zero-order valence-electron chi connectivity index (χ0n) is 7.98. The Kier molecular flexibility index (Phi) is 1.77. The van der Waals surface area contributed by atoms with Gasteiger partial charge in [-0.05, 0) is 13.8 Å². The molecule has 3 N–H and O–H groups in total. The molecule has 0 amide bonds. The van der Waals surface area contributed by atoms with E-state index in [-0.39, 0.29) is 17.5 Å². The first kappa shape index (κ1) is 8.74. The number of aromatic amines is 1. The van der Waals surface area contributed by atoms with Crippen LogP contribution in [0.25, 0.3) is 11.0 Å². The van der Waals surface area contributed by atoms with E-state index in [1.54, 1.807) is 10.9 Å². The number of anilines is 1. The number of hydrogen-bond donors (Lipinski definition) is 2. The first-order valence-corrected chi connectivity index (χ1v) is 4.32. The summed E-state index contributed by atoms with van der Waals surface area (Å²) in [6, 6.07) is 0.199. The van der Waals surface area contributed by atoms with E-state index < -0.39 is 0 Å². The Morgan fingerprint density at radius 2 is 2.29 bits per heavy atom. The minimum Gasteiger partial charge on any atom is -0.369 e. The van der Waals surface area contributed by atoms with Crippen molar-refractivity contribution in [3.8, 4) is 0 Å². The molecule has 2 rings (SSSR count). The summed E-state index contributed by atoms with van der Waals surface area (Å²) in [4.78, 5) is 17.8. The number of fused-ring (bicyclic) bond motifs is 1. The fourth-order valence-corrected chi connectivity index (χ4v) is 1.22. The van der Waals surface area contributed by atoms with E-state index in [9.17, 15) is 4.79 Å². The lowest BCUT2D eigenvalue weighted by molar-refractivity contribution is 0.537. The van der Waals surface area contributed by atoms with Crippen LogP contribution in [0.15, 0.2) is 11.0 Å². The lowest BCUT2D eigenvalue weighted by atomic mass is 10.4. The molecule has 0 aliphatic heterocycles. The average molecular weight is 193 g/mol. The summed E-state index contributed by atoms with van der Waals surface area (Å²) in [5.41, 5.74) is 5.96. The number of nitrogens with zero attached hydrogens (tertiary/aromatic N) is 3. The second-order valence-electron chi connectivity index (χ2n) is 3.39. The molecule has 0 aromatic carbocycles. The van der Waals surface area contributed by atoms with Gasteiger partial charge in [0.1, 0.15) is 5.52 Å². The Hall–Kier alpha value is -1.85. The standard InChI is InChI=1S/C8H11N5O/c1-4(2)13-3-5-6(12-13)7(14)11-8(9)10-5/h3-4H,1-2H3,(H3,9,10,11,14). The highest BCUT2D eigenvalue weighted by Crippen LogP contribution is 2.09. The van der Waals surface area contributed by atoms with Crippen molar-refractivity contribution in [1.82, 2.24) is 19.7 Å². The number of hydrogen-bond acceptors (Lipinski definition) is 4. The average Bonchev–Trinajstić information content (AvgIpc) is 2.47. The number of H-pyrrole nitrogens is 1. The zero-order chi connectivity index (χ0) is 10.3. The lowest BCUT2D eigenvalue weighted by Gasteiger charge is -2.01. The molecule has 14 heavy (non-hydrogen) atoms. The van der Waals surface area contributed by atoms with Gasteiger partial charge < -0.3 is 5.73 Å². The molecule has 0 saturated heterocycles. The smallest absolute Gasteiger partial charge is 0.280 e. The molecule has 0 aliphatic carbocycles. The summed E-state index contributed by atoms with van der Waals surface area (Å²) in [7, 11) is 0. The van der Waals surface area contributed by atoms with E-state index in [2.05, 4.69) is 15.1 Å². The maximum absolute atomic E-state index is 11.4. The van der Waals surface area contributed by atoms with Crippen LogP contribution in [0, 0.1) is 0 Å². The monoisotopic (exact) mass is 193 g/mol. The van der Waals surface area contributed by atoms with Crippen molar-refractivity contribution in [2.75, 3.05) is 5.73 Å². The van der Waals surface area contributed by atoms with Gasteiger partial charge in [0.15, 0.2) is 5.52 Å². The second kappa shape index (κ2) is 2.83. The van der Waals surface area contributed by atoms with E-state index in [4.69, 9.17) is 5.73 Å². The molecule has 74 valence electrons. The molecule has 2 aromatic heterocycles.